The fourth-order valence-corrected chi connectivity index (χ4v) is 2.25. The molecule has 2 heterocycles. The van der Waals surface area contributed by atoms with Crippen LogP contribution in [0.4, 0.5) is 0 Å². The molecule has 9 nitrogen and oxygen atoms in total. The second-order valence-corrected chi connectivity index (χ2v) is 5.63. The summed E-state index contributed by atoms with van der Waals surface area (Å²) >= 11 is 5.85. The van der Waals surface area contributed by atoms with E-state index >= 15 is 0 Å². The molecule has 0 aliphatic heterocycles. The van der Waals surface area contributed by atoms with Crippen molar-refractivity contribution in [1.82, 2.24) is 25.3 Å². The predicted octanol–water partition coefficient (Wildman–Crippen LogP) is 1.50. The van der Waals surface area contributed by atoms with Gasteiger partial charge in [-0.1, -0.05) is 16.8 Å². The van der Waals surface area contributed by atoms with Crippen molar-refractivity contribution in [2.24, 2.45) is 0 Å². The van der Waals surface area contributed by atoms with Gasteiger partial charge in [0.05, 0.1) is 11.9 Å². The Morgan fingerprint density at radius 2 is 1.96 bits per heavy atom. The first-order chi connectivity index (χ1) is 12.4. The number of nitrogens with one attached hydrogen (secondary N) is 1. The lowest BCUT2D eigenvalue weighted by Crippen LogP contribution is -2.29. The molecule has 0 bridgehead atoms. The van der Waals surface area contributed by atoms with Gasteiger partial charge in [-0.05, 0) is 30.3 Å². The Kier molecular flexibility index (Phi) is 4.81. The Bertz CT molecular complexity index is 971. The summed E-state index contributed by atoms with van der Waals surface area (Å²) in [5.74, 6) is -2.39. The number of aromatic hydroxyl groups is 1. The lowest BCUT2D eigenvalue weighted by atomic mass is 10.2. The van der Waals surface area contributed by atoms with E-state index in [2.05, 4.69) is 20.6 Å². The SMILES string of the molecule is O=C(O)CNC(=O)c1ncc(-c2cn(-c3ccc(Cl)cc3)nn2)cc1O. The Balaban J connectivity index is 1.82. The summed E-state index contributed by atoms with van der Waals surface area (Å²) in [6.45, 7) is -0.572. The zero-order valence-corrected chi connectivity index (χ0v) is 13.9. The monoisotopic (exact) mass is 373 g/mol. The van der Waals surface area contributed by atoms with Gasteiger partial charge in [-0.2, -0.15) is 0 Å². The fourth-order valence-electron chi connectivity index (χ4n) is 2.12. The van der Waals surface area contributed by atoms with E-state index in [0.717, 1.165) is 5.69 Å². The van der Waals surface area contributed by atoms with Gasteiger partial charge in [-0.25, -0.2) is 9.67 Å². The molecule has 3 rings (SSSR count). The van der Waals surface area contributed by atoms with Gasteiger partial charge < -0.3 is 15.5 Å². The highest BCUT2D eigenvalue weighted by molar-refractivity contribution is 6.30. The first-order valence-electron chi connectivity index (χ1n) is 7.31. The maximum Gasteiger partial charge on any atom is 0.322 e. The zero-order valence-electron chi connectivity index (χ0n) is 13.1. The summed E-state index contributed by atoms with van der Waals surface area (Å²) in [4.78, 5) is 26.1. The minimum Gasteiger partial charge on any atom is -0.505 e. The largest absolute Gasteiger partial charge is 0.505 e. The number of benzene rings is 1. The predicted molar refractivity (Wildman–Crippen MR) is 91.2 cm³/mol. The van der Waals surface area contributed by atoms with Crippen molar-refractivity contribution in [3.8, 4) is 22.7 Å². The topological polar surface area (TPSA) is 130 Å². The van der Waals surface area contributed by atoms with Crippen LogP contribution >= 0.6 is 11.6 Å². The van der Waals surface area contributed by atoms with Crippen molar-refractivity contribution in [1.29, 1.82) is 0 Å². The van der Waals surface area contributed by atoms with Crippen LogP contribution in [0.5, 0.6) is 5.75 Å². The van der Waals surface area contributed by atoms with Gasteiger partial charge in [0.25, 0.3) is 5.91 Å². The Hall–Kier alpha value is -3.46. The molecular weight excluding hydrogens is 362 g/mol. The summed E-state index contributed by atoms with van der Waals surface area (Å²) in [7, 11) is 0. The molecule has 0 spiro atoms. The fraction of sp³-hybridized carbons (Fsp3) is 0.0625. The minimum atomic E-state index is -1.20. The summed E-state index contributed by atoms with van der Waals surface area (Å²) in [5, 5.41) is 29.3. The molecule has 1 aromatic carbocycles. The highest BCUT2D eigenvalue weighted by Crippen LogP contribution is 2.24. The number of aliphatic carboxylic acids is 1. The molecule has 132 valence electrons. The van der Waals surface area contributed by atoms with E-state index in [9.17, 15) is 14.7 Å². The number of amides is 1. The number of pyridine rings is 1. The van der Waals surface area contributed by atoms with Crippen molar-refractivity contribution in [3.63, 3.8) is 0 Å². The van der Waals surface area contributed by atoms with Crippen LogP contribution in [0.25, 0.3) is 16.9 Å². The number of nitrogens with zero attached hydrogens (tertiary/aromatic N) is 4. The number of halogens is 1. The minimum absolute atomic E-state index is 0.278. The highest BCUT2D eigenvalue weighted by Gasteiger charge is 2.16. The number of carboxylic acid groups (broad SMARTS) is 1. The summed E-state index contributed by atoms with van der Waals surface area (Å²) < 4.78 is 1.52. The van der Waals surface area contributed by atoms with E-state index in [1.165, 1.54) is 16.9 Å². The second kappa shape index (κ2) is 7.19. The molecule has 0 aliphatic rings. The molecule has 0 fully saturated rings. The number of carbonyl (C=O) groups is 2. The van der Waals surface area contributed by atoms with Crippen LogP contribution in [0.3, 0.4) is 0 Å². The third kappa shape index (κ3) is 3.78. The number of aromatic nitrogens is 4. The molecular formula is C16H12ClN5O4. The molecule has 2 aromatic heterocycles. The maximum atomic E-state index is 11.8. The van der Waals surface area contributed by atoms with E-state index in [1.807, 2.05) is 0 Å². The molecule has 3 N–H and O–H groups in total. The second-order valence-electron chi connectivity index (χ2n) is 5.19. The van der Waals surface area contributed by atoms with Crippen LogP contribution in [0.2, 0.25) is 5.02 Å². The van der Waals surface area contributed by atoms with Gasteiger partial charge in [-0.3, -0.25) is 9.59 Å². The quantitative estimate of drug-likeness (QED) is 0.617. The van der Waals surface area contributed by atoms with E-state index in [-0.39, 0.29) is 5.69 Å². The molecule has 1 amide bonds. The molecule has 0 unspecified atom stereocenters. The van der Waals surface area contributed by atoms with Gasteiger partial charge in [-0.15, -0.1) is 5.10 Å². The number of rotatable bonds is 5. The Morgan fingerprint density at radius 3 is 2.62 bits per heavy atom. The first-order valence-corrected chi connectivity index (χ1v) is 7.69. The molecule has 0 saturated heterocycles. The highest BCUT2D eigenvalue weighted by atomic mass is 35.5. The van der Waals surface area contributed by atoms with Crippen LogP contribution in [0.15, 0.2) is 42.7 Å². The normalized spacial score (nSPS) is 10.5. The van der Waals surface area contributed by atoms with Gasteiger partial charge >= 0.3 is 5.97 Å². The van der Waals surface area contributed by atoms with E-state index in [1.54, 1.807) is 30.5 Å². The number of carboxylic acids is 1. The summed E-state index contributed by atoms with van der Waals surface area (Å²) in [6, 6.07) is 8.28. The summed E-state index contributed by atoms with van der Waals surface area (Å²) in [6.07, 6.45) is 2.97. The van der Waals surface area contributed by atoms with Gasteiger partial charge in [0.2, 0.25) is 0 Å². The van der Waals surface area contributed by atoms with Crippen molar-refractivity contribution < 1.29 is 19.8 Å². The summed E-state index contributed by atoms with van der Waals surface area (Å²) in [5.41, 5.74) is 1.34. The van der Waals surface area contributed by atoms with Crippen molar-refractivity contribution >= 4 is 23.5 Å². The van der Waals surface area contributed by atoms with Crippen molar-refractivity contribution in [2.45, 2.75) is 0 Å². The number of hydrogen-bond donors (Lipinski definition) is 3. The first kappa shape index (κ1) is 17.4. The number of hydrogen-bond acceptors (Lipinski definition) is 6. The molecule has 0 aliphatic carbocycles. The van der Waals surface area contributed by atoms with Crippen LogP contribution in [0, 0.1) is 0 Å². The molecule has 0 atom stereocenters. The van der Waals surface area contributed by atoms with E-state index in [4.69, 9.17) is 16.7 Å². The van der Waals surface area contributed by atoms with Crippen LogP contribution < -0.4 is 5.32 Å². The maximum absolute atomic E-state index is 11.8. The van der Waals surface area contributed by atoms with Gasteiger partial charge in [0.1, 0.15) is 18.0 Å². The van der Waals surface area contributed by atoms with E-state index < -0.39 is 24.2 Å². The lowest BCUT2D eigenvalue weighted by Gasteiger charge is -2.05. The lowest BCUT2D eigenvalue weighted by molar-refractivity contribution is -0.135. The molecule has 0 radical (unpaired) electrons. The Morgan fingerprint density at radius 1 is 1.23 bits per heavy atom. The third-order valence-corrected chi connectivity index (χ3v) is 3.62. The number of carbonyl (C=O) groups excluding carboxylic acids is 1. The average molecular weight is 374 g/mol. The zero-order chi connectivity index (χ0) is 18.7. The van der Waals surface area contributed by atoms with E-state index in [0.29, 0.717) is 16.3 Å². The standard InChI is InChI=1S/C16H12ClN5O4/c17-10-1-3-11(4-2-10)22-8-12(20-21-22)9-5-13(23)15(18-6-9)16(26)19-7-14(24)25/h1-6,8,23H,7H2,(H,19,26)(H,24,25). The Labute approximate surface area is 151 Å². The molecule has 26 heavy (non-hydrogen) atoms. The molecule has 0 saturated carbocycles. The van der Waals surface area contributed by atoms with Crippen LogP contribution in [-0.4, -0.2) is 48.6 Å². The van der Waals surface area contributed by atoms with Crippen molar-refractivity contribution in [3.05, 3.63) is 53.4 Å². The third-order valence-electron chi connectivity index (χ3n) is 3.36. The smallest absolute Gasteiger partial charge is 0.322 e. The van der Waals surface area contributed by atoms with Crippen molar-refractivity contribution in [2.75, 3.05) is 6.54 Å². The van der Waals surface area contributed by atoms with Gasteiger partial charge in [0, 0.05) is 16.8 Å². The molecule has 10 heteroatoms. The average Bonchev–Trinajstić information content (AvgIpc) is 3.10. The van der Waals surface area contributed by atoms with Crippen LogP contribution in [0.1, 0.15) is 10.5 Å². The van der Waals surface area contributed by atoms with Gasteiger partial charge in [0.15, 0.2) is 5.69 Å². The van der Waals surface area contributed by atoms with Crippen LogP contribution in [-0.2, 0) is 4.79 Å². The molecule has 3 aromatic rings.